The molecule has 19 heavy (non-hydrogen) atoms. The number of nitrogens with zero attached hydrogens (tertiary/aromatic N) is 1. The highest BCUT2D eigenvalue weighted by Crippen LogP contribution is 2.43. The Morgan fingerprint density at radius 3 is 2.47 bits per heavy atom. The van der Waals surface area contributed by atoms with E-state index in [0.29, 0.717) is 11.5 Å². The Morgan fingerprint density at radius 2 is 1.89 bits per heavy atom. The summed E-state index contributed by atoms with van der Waals surface area (Å²) in [5, 5.41) is 0. The van der Waals surface area contributed by atoms with Gasteiger partial charge in [-0.3, -0.25) is 0 Å². The molecular formula is C15H28N2O2. The number of rotatable bonds is 0. The van der Waals surface area contributed by atoms with Crippen LogP contribution in [0.4, 0.5) is 4.79 Å². The zero-order valence-electron chi connectivity index (χ0n) is 12.6. The van der Waals surface area contributed by atoms with Crippen molar-refractivity contribution in [3.8, 4) is 0 Å². The Labute approximate surface area is 116 Å². The summed E-state index contributed by atoms with van der Waals surface area (Å²) in [6.07, 6.45) is 6.69. The van der Waals surface area contributed by atoms with E-state index in [0.717, 1.165) is 45.2 Å². The van der Waals surface area contributed by atoms with Crippen molar-refractivity contribution < 1.29 is 9.53 Å². The summed E-state index contributed by atoms with van der Waals surface area (Å²) in [6, 6.07) is 0.363. The molecule has 110 valence electrons. The van der Waals surface area contributed by atoms with Gasteiger partial charge < -0.3 is 15.4 Å². The van der Waals surface area contributed by atoms with Gasteiger partial charge in [0.1, 0.15) is 5.60 Å². The minimum atomic E-state index is -0.406. The summed E-state index contributed by atoms with van der Waals surface area (Å²) in [4.78, 5) is 14.1. The van der Waals surface area contributed by atoms with Crippen LogP contribution in [0.5, 0.6) is 0 Å². The molecule has 4 nitrogen and oxygen atoms in total. The van der Waals surface area contributed by atoms with E-state index in [2.05, 4.69) is 0 Å². The molecule has 0 radical (unpaired) electrons. The first-order valence-corrected chi connectivity index (χ1v) is 7.53. The fourth-order valence-electron chi connectivity index (χ4n) is 3.35. The second kappa shape index (κ2) is 5.31. The van der Waals surface area contributed by atoms with Crippen molar-refractivity contribution in [3.05, 3.63) is 0 Å². The quantitative estimate of drug-likeness (QED) is 0.735. The highest BCUT2D eigenvalue weighted by molar-refractivity contribution is 5.68. The molecule has 2 rings (SSSR count). The third-order valence-corrected chi connectivity index (χ3v) is 4.40. The van der Waals surface area contributed by atoms with Gasteiger partial charge in [0.2, 0.25) is 0 Å². The molecule has 1 aliphatic carbocycles. The van der Waals surface area contributed by atoms with Crippen LogP contribution < -0.4 is 5.73 Å². The highest BCUT2D eigenvalue weighted by Gasteiger charge is 2.40. The molecule has 2 fully saturated rings. The number of carbonyl (C=O) groups is 1. The van der Waals surface area contributed by atoms with Crippen molar-refractivity contribution in [3.63, 3.8) is 0 Å². The lowest BCUT2D eigenvalue weighted by Gasteiger charge is -2.46. The van der Waals surface area contributed by atoms with Gasteiger partial charge in [-0.2, -0.15) is 0 Å². The van der Waals surface area contributed by atoms with E-state index in [1.54, 1.807) is 0 Å². The third-order valence-electron chi connectivity index (χ3n) is 4.40. The van der Waals surface area contributed by atoms with Gasteiger partial charge in [0.15, 0.2) is 0 Å². The molecule has 0 atom stereocenters. The summed E-state index contributed by atoms with van der Waals surface area (Å²) in [7, 11) is 0. The standard InChI is InChI=1S/C15H28N2O2/c1-14(2,3)19-13(18)17-10-4-7-15(11-17)8-5-12(16)6-9-15/h12H,4-11,16H2,1-3H3. The van der Waals surface area contributed by atoms with Gasteiger partial charge in [0.05, 0.1) is 0 Å². The minimum Gasteiger partial charge on any atom is -0.444 e. The van der Waals surface area contributed by atoms with Crippen molar-refractivity contribution >= 4 is 6.09 Å². The number of hydrogen-bond acceptors (Lipinski definition) is 3. The Morgan fingerprint density at radius 1 is 1.26 bits per heavy atom. The fraction of sp³-hybridized carbons (Fsp3) is 0.933. The Balaban J connectivity index is 1.95. The number of hydrogen-bond donors (Lipinski definition) is 1. The summed E-state index contributed by atoms with van der Waals surface area (Å²) >= 11 is 0. The van der Waals surface area contributed by atoms with Crippen LogP contribution >= 0.6 is 0 Å². The monoisotopic (exact) mass is 268 g/mol. The number of amides is 1. The Kier molecular flexibility index (Phi) is 4.09. The summed E-state index contributed by atoms with van der Waals surface area (Å²) in [5.41, 5.74) is 5.90. The molecule has 1 aliphatic heterocycles. The second-order valence-electron chi connectivity index (χ2n) is 7.34. The topological polar surface area (TPSA) is 55.6 Å². The molecule has 1 saturated heterocycles. The summed E-state index contributed by atoms with van der Waals surface area (Å²) in [5.74, 6) is 0. The van der Waals surface area contributed by atoms with Crippen molar-refractivity contribution in [1.82, 2.24) is 4.90 Å². The van der Waals surface area contributed by atoms with Crippen molar-refractivity contribution in [1.29, 1.82) is 0 Å². The smallest absolute Gasteiger partial charge is 0.410 e. The molecule has 1 saturated carbocycles. The lowest BCUT2D eigenvalue weighted by Crippen LogP contribution is -2.49. The predicted molar refractivity (Wildman–Crippen MR) is 75.9 cm³/mol. The van der Waals surface area contributed by atoms with Crippen molar-refractivity contribution in [2.75, 3.05) is 13.1 Å². The Hall–Kier alpha value is -0.770. The maximum atomic E-state index is 12.2. The average molecular weight is 268 g/mol. The van der Waals surface area contributed by atoms with E-state index >= 15 is 0 Å². The molecule has 2 aliphatic rings. The summed E-state index contributed by atoms with van der Waals surface area (Å²) in [6.45, 7) is 7.45. The zero-order valence-corrected chi connectivity index (χ0v) is 12.6. The van der Waals surface area contributed by atoms with Crippen molar-refractivity contribution in [2.45, 2.75) is 70.9 Å². The normalized spacial score (nSPS) is 32.4. The van der Waals surface area contributed by atoms with E-state index in [1.165, 1.54) is 6.42 Å². The number of nitrogens with two attached hydrogens (primary N) is 1. The fourth-order valence-corrected chi connectivity index (χ4v) is 3.35. The van der Waals surface area contributed by atoms with Gasteiger partial charge in [-0.1, -0.05) is 0 Å². The van der Waals surface area contributed by atoms with Crippen LogP contribution in [0, 0.1) is 5.41 Å². The van der Waals surface area contributed by atoms with E-state index < -0.39 is 5.60 Å². The molecule has 0 aromatic carbocycles. The molecule has 1 spiro atoms. The molecule has 0 bridgehead atoms. The third kappa shape index (κ3) is 3.85. The van der Waals surface area contributed by atoms with Gasteiger partial charge in [-0.25, -0.2) is 4.79 Å². The second-order valence-corrected chi connectivity index (χ2v) is 7.34. The maximum Gasteiger partial charge on any atom is 0.410 e. The SMILES string of the molecule is CC(C)(C)OC(=O)N1CCCC2(CCC(N)CC2)C1. The van der Waals surface area contributed by atoms with Crippen molar-refractivity contribution in [2.24, 2.45) is 11.1 Å². The number of ether oxygens (including phenoxy) is 1. The maximum absolute atomic E-state index is 12.2. The molecule has 2 N–H and O–H groups in total. The first-order valence-electron chi connectivity index (χ1n) is 7.53. The van der Waals surface area contributed by atoms with Gasteiger partial charge in [-0.15, -0.1) is 0 Å². The minimum absolute atomic E-state index is 0.151. The molecule has 0 aromatic heterocycles. The van der Waals surface area contributed by atoms with Gasteiger partial charge in [0, 0.05) is 19.1 Å². The van der Waals surface area contributed by atoms with Gasteiger partial charge >= 0.3 is 6.09 Å². The van der Waals surface area contributed by atoms with Crippen LogP contribution in [0.2, 0.25) is 0 Å². The van der Waals surface area contributed by atoms with Crippen LogP contribution in [0.3, 0.4) is 0 Å². The van der Waals surface area contributed by atoms with Crippen LogP contribution in [0.1, 0.15) is 59.3 Å². The van der Waals surface area contributed by atoms with Gasteiger partial charge in [-0.05, 0) is 64.7 Å². The van der Waals surface area contributed by atoms with E-state index in [4.69, 9.17) is 10.5 Å². The zero-order chi connectivity index (χ0) is 14.1. The van der Waals surface area contributed by atoms with Gasteiger partial charge in [0.25, 0.3) is 0 Å². The summed E-state index contributed by atoms with van der Waals surface area (Å²) < 4.78 is 5.49. The molecule has 1 heterocycles. The molecule has 0 unspecified atom stereocenters. The largest absolute Gasteiger partial charge is 0.444 e. The van der Waals surface area contributed by atoms with Crippen LogP contribution in [-0.2, 0) is 4.74 Å². The lowest BCUT2D eigenvalue weighted by molar-refractivity contribution is -0.00437. The number of piperidine rings is 1. The van der Waals surface area contributed by atoms with Crippen LogP contribution in [0.15, 0.2) is 0 Å². The first kappa shape index (κ1) is 14.6. The molecular weight excluding hydrogens is 240 g/mol. The highest BCUT2D eigenvalue weighted by atomic mass is 16.6. The number of likely N-dealkylation sites (tertiary alicyclic amines) is 1. The molecule has 0 aromatic rings. The van der Waals surface area contributed by atoms with Crippen LogP contribution in [-0.4, -0.2) is 35.7 Å². The Bertz CT molecular complexity index is 328. The average Bonchev–Trinajstić information content (AvgIpc) is 2.32. The lowest BCUT2D eigenvalue weighted by atomic mass is 9.68. The molecule has 1 amide bonds. The van der Waals surface area contributed by atoms with Crippen LogP contribution in [0.25, 0.3) is 0 Å². The first-order chi connectivity index (χ1) is 8.80. The predicted octanol–water partition coefficient (Wildman–Crippen LogP) is 2.91. The van der Waals surface area contributed by atoms with E-state index in [9.17, 15) is 4.79 Å². The molecule has 4 heteroatoms. The number of carbonyl (C=O) groups excluding carboxylic acids is 1. The van der Waals surface area contributed by atoms with E-state index in [1.807, 2.05) is 25.7 Å². The van der Waals surface area contributed by atoms with E-state index in [-0.39, 0.29) is 6.09 Å².